The fourth-order valence-corrected chi connectivity index (χ4v) is 7.45. The molecule has 1 saturated heterocycles. The average Bonchev–Trinajstić information content (AvgIpc) is 3.89. The minimum atomic E-state index is -1.20. The molecular formula is C42H65N7O8. The highest BCUT2D eigenvalue weighted by molar-refractivity contribution is 6.38. The number of ketones is 1. The van der Waals surface area contributed by atoms with Crippen LogP contribution in [0.1, 0.15) is 117 Å². The van der Waals surface area contributed by atoms with Crippen molar-refractivity contribution in [2.24, 2.45) is 11.8 Å². The first-order valence-corrected chi connectivity index (χ1v) is 20.5. The van der Waals surface area contributed by atoms with Crippen LogP contribution in [0.5, 0.6) is 0 Å². The lowest BCUT2D eigenvalue weighted by atomic mass is 9.83. The third-order valence-electron chi connectivity index (χ3n) is 11.0. The number of rotatable bonds is 17. The number of hydrogen-bond donors (Lipinski definition) is 5. The lowest BCUT2D eigenvalue weighted by molar-refractivity contribution is -0.143. The van der Waals surface area contributed by atoms with Gasteiger partial charge in [0.2, 0.25) is 29.4 Å². The molecule has 3 fully saturated rings. The molecule has 1 aromatic rings. The highest BCUT2D eigenvalue weighted by atomic mass is 16.5. The molecule has 5 N–H and O–H groups in total. The van der Waals surface area contributed by atoms with Gasteiger partial charge in [0, 0.05) is 32.6 Å². The van der Waals surface area contributed by atoms with Crippen LogP contribution in [-0.4, -0.2) is 114 Å². The first-order valence-electron chi connectivity index (χ1n) is 20.5. The Morgan fingerprint density at radius 2 is 1.53 bits per heavy atom. The molecule has 2 saturated carbocycles. The first kappa shape index (κ1) is 45.2. The van der Waals surface area contributed by atoms with Crippen molar-refractivity contribution in [2.75, 3.05) is 27.2 Å². The van der Waals surface area contributed by atoms with Crippen LogP contribution in [-0.2, 0) is 33.5 Å². The van der Waals surface area contributed by atoms with Crippen molar-refractivity contribution in [1.82, 2.24) is 36.4 Å². The number of Topliss-reactive ketones (excluding diaryl/α,β-unsaturated/α-hetero) is 1. The molecule has 0 radical (unpaired) electrons. The van der Waals surface area contributed by atoms with Gasteiger partial charge in [-0.25, -0.2) is 4.79 Å². The summed E-state index contributed by atoms with van der Waals surface area (Å²) in [5.41, 5.74) is -0.521. The summed E-state index contributed by atoms with van der Waals surface area (Å²) in [7, 11) is 3.13. The van der Waals surface area contributed by atoms with E-state index in [0.717, 1.165) is 44.9 Å². The van der Waals surface area contributed by atoms with Crippen LogP contribution in [0.4, 0.5) is 4.79 Å². The predicted octanol–water partition coefficient (Wildman–Crippen LogP) is 3.12. The van der Waals surface area contributed by atoms with E-state index >= 15 is 0 Å². The molecule has 1 aromatic carbocycles. The van der Waals surface area contributed by atoms with E-state index in [2.05, 4.69) is 26.6 Å². The van der Waals surface area contributed by atoms with E-state index in [1.807, 2.05) is 41.5 Å². The normalized spacial score (nSPS) is 20.4. The number of amides is 7. The molecule has 0 aromatic heterocycles. The number of urea groups is 1. The van der Waals surface area contributed by atoms with Crippen molar-refractivity contribution in [2.45, 2.75) is 147 Å². The highest BCUT2D eigenvalue weighted by Gasteiger charge is 2.47. The number of hydrogen-bond acceptors (Lipinski definition) is 8. The molecule has 5 atom stereocenters. The van der Waals surface area contributed by atoms with Crippen molar-refractivity contribution >= 4 is 41.4 Å². The van der Waals surface area contributed by atoms with Crippen LogP contribution in [0, 0.1) is 11.8 Å². The second-order valence-electron chi connectivity index (χ2n) is 17.8. The Kier molecular flexibility index (Phi) is 15.7. The molecule has 15 nitrogen and oxygen atoms in total. The predicted molar refractivity (Wildman–Crippen MR) is 214 cm³/mol. The zero-order chi connectivity index (χ0) is 42.1. The minimum Gasteiger partial charge on any atom is -0.370 e. The number of likely N-dealkylation sites (N-methyl/N-ethyl adjacent to an activating group) is 1. The molecule has 15 heteroatoms. The molecule has 1 heterocycles. The van der Waals surface area contributed by atoms with Crippen LogP contribution in [0.3, 0.4) is 0 Å². The quantitative estimate of drug-likeness (QED) is 0.148. The fourth-order valence-electron chi connectivity index (χ4n) is 7.45. The topological polar surface area (TPSA) is 195 Å². The van der Waals surface area contributed by atoms with Crippen LogP contribution in [0.15, 0.2) is 30.3 Å². The summed E-state index contributed by atoms with van der Waals surface area (Å²) < 4.78 is 6.42. The Bertz CT molecular complexity index is 1600. The summed E-state index contributed by atoms with van der Waals surface area (Å²) in [6.07, 6.45) is 6.66. The zero-order valence-corrected chi connectivity index (χ0v) is 35.1. The Morgan fingerprint density at radius 1 is 0.877 bits per heavy atom. The third kappa shape index (κ3) is 13.5. The summed E-state index contributed by atoms with van der Waals surface area (Å²) in [4.78, 5) is 97.7. The van der Waals surface area contributed by atoms with Crippen LogP contribution < -0.4 is 26.6 Å². The lowest BCUT2D eigenvalue weighted by Crippen LogP contribution is -2.60. The maximum atomic E-state index is 14.6. The van der Waals surface area contributed by atoms with E-state index in [0.29, 0.717) is 12.0 Å². The van der Waals surface area contributed by atoms with E-state index in [9.17, 15) is 33.6 Å². The van der Waals surface area contributed by atoms with Crippen molar-refractivity contribution in [3.8, 4) is 0 Å². The van der Waals surface area contributed by atoms with Gasteiger partial charge >= 0.3 is 6.03 Å². The fraction of sp³-hybridized carbons (Fsp3) is 0.690. The van der Waals surface area contributed by atoms with Crippen molar-refractivity contribution in [3.05, 3.63) is 35.9 Å². The van der Waals surface area contributed by atoms with Crippen LogP contribution >= 0.6 is 0 Å². The van der Waals surface area contributed by atoms with Gasteiger partial charge in [-0.2, -0.15) is 0 Å². The number of carbonyl (C=O) groups excluding carboxylic acids is 7. The van der Waals surface area contributed by atoms with Gasteiger partial charge in [0.05, 0.1) is 24.3 Å². The molecule has 3 aliphatic rings. The van der Waals surface area contributed by atoms with Crippen molar-refractivity contribution < 1.29 is 38.3 Å². The molecule has 57 heavy (non-hydrogen) atoms. The van der Waals surface area contributed by atoms with Gasteiger partial charge in [0.25, 0.3) is 5.91 Å². The first-order chi connectivity index (χ1) is 26.8. The summed E-state index contributed by atoms with van der Waals surface area (Å²) in [6.45, 7) is 11.0. The standard InChI is InChI=1S/C42H65N7O8/c1-9-42(5,6)57-29-23-31(49(25-29)39(55)34(28-18-14-11-15-19-28)46-40(56)47-41(2,3)4)36(52)44-30(22-26-20-21-26)35(51)37(53)43-24-32(50)45-33(38(54)48(7)8)27-16-12-10-13-17-27/h10,12-13,16-17,26,28-31,33-34H,9,11,14-15,18-25H2,1-8H3,(H,43,53)(H,44,52)(H,45,50)(H2,46,47,56)/t29-,30?,31+,33?,34+/m1/s1. The Hall–Kier alpha value is -4.53. The summed E-state index contributed by atoms with van der Waals surface area (Å²) in [5, 5.41) is 13.6. The smallest absolute Gasteiger partial charge is 0.315 e. The molecule has 316 valence electrons. The van der Waals surface area contributed by atoms with Gasteiger partial charge in [-0.1, -0.05) is 69.4 Å². The van der Waals surface area contributed by atoms with E-state index in [4.69, 9.17) is 4.74 Å². The molecule has 2 unspecified atom stereocenters. The number of benzene rings is 1. The Labute approximate surface area is 337 Å². The molecular weight excluding hydrogens is 731 g/mol. The number of ether oxygens (including phenoxy) is 1. The average molecular weight is 796 g/mol. The van der Waals surface area contributed by atoms with E-state index in [1.165, 1.54) is 9.80 Å². The molecule has 7 amide bonds. The number of carbonyl (C=O) groups is 7. The SMILES string of the molecule is CCC(C)(C)O[C@@H]1C[C@@H](C(=O)NC(CC2CC2)C(=O)C(=O)NCC(=O)NC(C(=O)N(C)C)c2ccccc2)N(C(=O)[C@@H](NC(=O)NC(C)(C)C)C2CCCCC2)C1. The van der Waals surface area contributed by atoms with E-state index < -0.39 is 77.5 Å². The lowest BCUT2D eigenvalue weighted by Gasteiger charge is -2.35. The molecule has 0 spiro atoms. The summed E-state index contributed by atoms with van der Waals surface area (Å²) in [6, 6.07) is 4.09. The van der Waals surface area contributed by atoms with Crippen LogP contribution in [0.2, 0.25) is 0 Å². The Balaban J connectivity index is 1.50. The summed E-state index contributed by atoms with van der Waals surface area (Å²) >= 11 is 0. The van der Waals surface area contributed by atoms with E-state index in [-0.39, 0.29) is 43.0 Å². The maximum Gasteiger partial charge on any atom is 0.315 e. The number of nitrogens with one attached hydrogen (secondary N) is 5. The van der Waals surface area contributed by atoms with Crippen molar-refractivity contribution in [3.63, 3.8) is 0 Å². The van der Waals surface area contributed by atoms with Crippen molar-refractivity contribution in [1.29, 1.82) is 0 Å². The number of nitrogens with zero attached hydrogens (tertiary/aromatic N) is 2. The largest absolute Gasteiger partial charge is 0.370 e. The minimum absolute atomic E-state index is 0.114. The monoisotopic (exact) mass is 795 g/mol. The van der Waals surface area contributed by atoms with E-state index in [1.54, 1.807) is 44.4 Å². The zero-order valence-electron chi connectivity index (χ0n) is 35.1. The highest BCUT2D eigenvalue weighted by Crippen LogP contribution is 2.35. The maximum absolute atomic E-state index is 14.6. The van der Waals surface area contributed by atoms with Gasteiger partial charge in [-0.05, 0) is 77.7 Å². The third-order valence-corrected chi connectivity index (χ3v) is 11.0. The second-order valence-corrected chi connectivity index (χ2v) is 17.8. The van der Waals surface area contributed by atoms with Gasteiger partial charge in [0.1, 0.15) is 18.1 Å². The molecule has 1 aliphatic heterocycles. The molecule has 2 aliphatic carbocycles. The van der Waals surface area contributed by atoms with Gasteiger partial charge in [-0.15, -0.1) is 0 Å². The molecule has 0 bridgehead atoms. The van der Waals surface area contributed by atoms with Gasteiger partial charge < -0.3 is 41.1 Å². The number of likely N-dealkylation sites (tertiary alicyclic amines) is 1. The summed E-state index contributed by atoms with van der Waals surface area (Å²) in [5.74, 6) is -3.99. The second kappa shape index (κ2) is 19.8. The van der Waals surface area contributed by atoms with Crippen LogP contribution in [0.25, 0.3) is 0 Å². The van der Waals surface area contributed by atoms with Gasteiger partial charge in [0.15, 0.2) is 0 Å². The molecule has 4 rings (SSSR count). The Morgan fingerprint density at radius 3 is 2.11 bits per heavy atom. The van der Waals surface area contributed by atoms with Gasteiger partial charge in [-0.3, -0.25) is 28.8 Å².